The number of carbonyl (C=O) groups excluding carboxylic acids is 6. The molecule has 11 aromatic carbocycles. The highest BCUT2D eigenvalue weighted by atomic mass is 32.1. The number of nitrogens with zero attached hydrogens (tertiary/aromatic N) is 2. The number of fused-ring (bicyclic) bond motifs is 5. The molecule has 2 aromatic heterocycles. The van der Waals surface area contributed by atoms with E-state index in [1.807, 2.05) is 54.6 Å². The zero-order chi connectivity index (χ0) is 102. The molecular weight excluding hydrogens is 1840 g/mol. The molecule has 0 saturated carbocycles. The number of thiazole rings is 2. The van der Waals surface area contributed by atoms with Crippen LogP contribution in [0.5, 0.6) is 46.0 Å². The second kappa shape index (κ2) is 56.9. The van der Waals surface area contributed by atoms with Gasteiger partial charge in [0.05, 0.1) is 91.0 Å². The second-order valence-electron chi connectivity index (χ2n) is 37.0. The SMILES string of the molecule is C=C(C)C(=O)OCCCCCCOc1ccc(C(=O)Oc2c(OC)cc(-c3nc4ccccc4s3)cc2OC)cc1.C=C(C)C(=O)OCCCCCCOc1ccc(C(=O)Oc2ccc(-c3nc4ccc(-c5ccc(C)cc5)cc4s3)cc2)cc1.C=C(C)C(=O)OCCCCCCOc1ccc(C(=O)Oc2ccc3c(c2)C(CCCCCCCC)(CCCCCCCC)Cc2cc(-c4ccc(C)cc4)ccc2-3)cc1. The third-order valence-corrected chi connectivity index (χ3v) is 27.5. The Morgan fingerprint density at radius 2 is 0.694 bits per heavy atom. The number of methoxy groups -OCH3 is 2. The third-order valence-electron chi connectivity index (χ3n) is 25.3. The van der Waals surface area contributed by atoms with Crippen molar-refractivity contribution in [3.63, 3.8) is 0 Å². The molecule has 144 heavy (non-hydrogen) atoms. The van der Waals surface area contributed by atoms with Crippen LogP contribution >= 0.6 is 22.7 Å². The lowest BCUT2D eigenvalue weighted by Gasteiger charge is -2.41. The Balaban J connectivity index is 0.000000197. The summed E-state index contributed by atoms with van der Waals surface area (Å²) in [7, 11) is 3.03. The van der Waals surface area contributed by atoms with Crippen LogP contribution in [0, 0.1) is 13.8 Å². The van der Waals surface area contributed by atoms with Crippen molar-refractivity contribution in [3.05, 3.63) is 312 Å². The number of unbranched alkanes of at least 4 members (excludes halogenated alkanes) is 19. The van der Waals surface area contributed by atoms with E-state index in [2.05, 4.69) is 144 Å². The second-order valence-corrected chi connectivity index (χ2v) is 39.1. The fourth-order valence-electron chi connectivity index (χ4n) is 17.1. The molecule has 0 fully saturated rings. The van der Waals surface area contributed by atoms with Crippen molar-refractivity contribution in [2.75, 3.05) is 53.9 Å². The number of benzene rings is 11. The molecule has 0 unspecified atom stereocenters. The summed E-state index contributed by atoms with van der Waals surface area (Å²) in [6, 6.07) is 77.1. The first-order valence-electron chi connectivity index (χ1n) is 50.9. The molecule has 21 heteroatoms. The molecule has 13 aromatic rings. The molecule has 0 atom stereocenters. The van der Waals surface area contributed by atoms with Crippen molar-refractivity contribution in [1.29, 1.82) is 0 Å². The Bertz CT molecular complexity index is 6320. The van der Waals surface area contributed by atoms with E-state index < -0.39 is 11.9 Å². The number of hydrogen-bond acceptors (Lipinski definition) is 21. The number of ether oxygens (including phenoxy) is 11. The molecule has 0 aliphatic heterocycles. The first-order valence-corrected chi connectivity index (χ1v) is 52.5. The van der Waals surface area contributed by atoms with Gasteiger partial charge in [0.25, 0.3) is 0 Å². The summed E-state index contributed by atoms with van der Waals surface area (Å²) >= 11 is 3.20. The zero-order valence-corrected chi connectivity index (χ0v) is 86.8. The summed E-state index contributed by atoms with van der Waals surface area (Å²) in [5.74, 6) is 1.72. The Hall–Kier alpha value is -13.8. The average molecular weight is 1980 g/mol. The van der Waals surface area contributed by atoms with Gasteiger partial charge in [0.15, 0.2) is 11.5 Å². The lowest BCUT2D eigenvalue weighted by molar-refractivity contribution is -0.139. The Morgan fingerprint density at radius 1 is 0.333 bits per heavy atom. The van der Waals surface area contributed by atoms with Gasteiger partial charge < -0.3 is 52.1 Å². The highest BCUT2D eigenvalue weighted by Crippen LogP contribution is 2.52. The Labute approximate surface area is 857 Å². The molecule has 1 aliphatic carbocycles. The number of para-hydroxylation sites is 1. The summed E-state index contributed by atoms with van der Waals surface area (Å²) < 4.78 is 63.7. The fraction of sp³-hybridized carbons (Fsp3) is 0.350. The summed E-state index contributed by atoms with van der Waals surface area (Å²) in [5.41, 5.74) is 18.9. The number of carbonyl (C=O) groups is 6. The van der Waals surface area contributed by atoms with Crippen LogP contribution < -0.4 is 37.9 Å². The van der Waals surface area contributed by atoms with E-state index in [1.165, 1.54) is 147 Å². The molecule has 1 aliphatic rings. The van der Waals surface area contributed by atoms with Crippen molar-refractivity contribution in [3.8, 4) is 101 Å². The maximum absolute atomic E-state index is 13.6. The van der Waals surface area contributed by atoms with Crippen LogP contribution in [0.15, 0.2) is 273 Å². The molecule has 0 N–H and O–H groups in total. The van der Waals surface area contributed by atoms with E-state index in [1.54, 1.807) is 128 Å². The fourth-order valence-corrected chi connectivity index (χ4v) is 19.1. The van der Waals surface area contributed by atoms with Gasteiger partial charge in [-0.25, -0.2) is 38.7 Å². The lowest BCUT2D eigenvalue weighted by Crippen LogP contribution is -2.33. The van der Waals surface area contributed by atoms with Crippen molar-refractivity contribution in [1.82, 2.24) is 9.97 Å². The van der Waals surface area contributed by atoms with E-state index in [9.17, 15) is 28.8 Å². The van der Waals surface area contributed by atoms with Crippen LogP contribution in [-0.4, -0.2) is 99.6 Å². The van der Waals surface area contributed by atoms with Gasteiger partial charge in [-0.1, -0.05) is 213 Å². The molecule has 0 amide bonds. The summed E-state index contributed by atoms with van der Waals surface area (Å²) in [4.78, 5) is 83.0. The van der Waals surface area contributed by atoms with Gasteiger partial charge in [-0.2, -0.15) is 0 Å². The zero-order valence-electron chi connectivity index (χ0n) is 85.1. The van der Waals surface area contributed by atoms with Gasteiger partial charge in [-0.3, -0.25) is 0 Å². The monoisotopic (exact) mass is 1980 g/mol. The number of aromatic nitrogens is 2. The van der Waals surface area contributed by atoms with Crippen molar-refractivity contribution in [2.45, 2.75) is 227 Å². The molecule has 754 valence electrons. The minimum absolute atomic E-state index is 0.0252. The maximum Gasteiger partial charge on any atom is 0.343 e. The van der Waals surface area contributed by atoms with Gasteiger partial charge in [0, 0.05) is 33.3 Å². The lowest BCUT2D eigenvalue weighted by atomic mass is 9.63. The van der Waals surface area contributed by atoms with Gasteiger partial charge >= 0.3 is 35.8 Å². The predicted octanol–water partition coefficient (Wildman–Crippen LogP) is 31.4. The average Bonchev–Trinajstić information content (AvgIpc) is 0.934. The molecule has 0 radical (unpaired) electrons. The molecule has 19 nitrogen and oxygen atoms in total. The number of rotatable bonds is 53. The van der Waals surface area contributed by atoms with Crippen molar-refractivity contribution < 1.29 is 80.9 Å². The smallest absolute Gasteiger partial charge is 0.343 e. The van der Waals surface area contributed by atoms with Gasteiger partial charge in [0.2, 0.25) is 5.75 Å². The molecular formula is C123H138N2O17S2. The van der Waals surface area contributed by atoms with Crippen LogP contribution in [-0.2, 0) is 40.4 Å². The number of hydrogen-bond donors (Lipinski definition) is 0. The van der Waals surface area contributed by atoms with Gasteiger partial charge in [-0.05, 0) is 321 Å². The molecule has 0 bridgehead atoms. The topological polar surface area (TPSA) is 230 Å². The van der Waals surface area contributed by atoms with Crippen molar-refractivity contribution in [2.24, 2.45) is 0 Å². The predicted molar refractivity (Wildman–Crippen MR) is 580 cm³/mol. The minimum Gasteiger partial charge on any atom is -0.494 e. The van der Waals surface area contributed by atoms with Crippen LogP contribution in [0.3, 0.4) is 0 Å². The van der Waals surface area contributed by atoms with Crippen LogP contribution in [0.2, 0.25) is 0 Å². The highest BCUT2D eigenvalue weighted by molar-refractivity contribution is 7.22. The Kier molecular flexibility index (Phi) is 43.1. The Morgan fingerprint density at radius 3 is 1.15 bits per heavy atom. The molecule has 0 saturated heterocycles. The minimum atomic E-state index is -0.548. The summed E-state index contributed by atoms with van der Waals surface area (Å²) in [6.45, 7) is 27.4. The largest absolute Gasteiger partial charge is 0.494 e. The van der Waals surface area contributed by atoms with Gasteiger partial charge in [0.1, 0.15) is 38.8 Å². The van der Waals surface area contributed by atoms with E-state index in [0.717, 1.165) is 144 Å². The standard InChI is InChI=1S/C54H70O5.C37H35NO5S.C32H33NO7S/c1-6-8-10-12-14-18-34-54(35-19-15-13-11-9-7-2)40-46-38-45(43-24-22-42(5)23-25-43)28-32-49(46)50-33-31-48(39-51(50)54)59-53(56)44-26-29-47(30-27-44)57-36-20-16-17-21-37-58-52(55)41(3)4;1-25(2)36(39)42-23-7-5-4-6-22-41-31-17-14-29(15-18-31)37(40)43-32-19-12-28(13-20-32)35-38-33-21-16-30(24-34(33)44-35)27-10-8-26(3)9-11-27;1-21(2)31(34)39-18-10-6-5-9-17-38-24-15-13-22(14-16-24)32(35)40-29-26(36-3)19-23(20-27(29)37-4)30-33-25-11-7-8-12-28(25)41-30/h22-33,38-39H,3,6-21,34-37,40H2,1-2,4-5H3;8-21,24H,1,4-7,22-23H2,2-3H3;7-8,11-16,19-20H,1,5-6,9-10,17-18H2,2-4H3. The number of esters is 6. The maximum atomic E-state index is 13.6. The molecule has 0 spiro atoms. The summed E-state index contributed by atoms with van der Waals surface area (Å²) in [5, 5.41) is 1.72. The van der Waals surface area contributed by atoms with Crippen LogP contribution in [0.1, 0.15) is 255 Å². The summed E-state index contributed by atoms with van der Waals surface area (Å²) in [6.07, 6.45) is 29.4. The number of aryl methyl sites for hydroxylation is 2. The normalized spacial score (nSPS) is 11.6. The molecule has 2 heterocycles. The first-order chi connectivity index (χ1) is 70.0. The quantitative estimate of drug-likeness (QED) is 0.0113. The van der Waals surface area contributed by atoms with Gasteiger partial charge in [-0.15, -0.1) is 22.7 Å². The van der Waals surface area contributed by atoms with Crippen LogP contribution in [0.25, 0.3) is 75.0 Å². The van der Waals surface area contributed by atoms with E-state index >= 15 is 0 Å². The van der Waals surface area contributed by atoms with E-state index in [4.69, 9.17) is 62.1 Å². The van der Waals surface area contributed by atoms with E-state index in [0.29, 0.717) is 108 Å². The van der Waals surface area contributed by atoms with Crippen molar-refractivity contribution >= 4 is 78.9 Å². The first kappa shape index (κ1) is 109. The van der Waals surface area contributed by atoms with Crippen LogP contribution in [0.4, 0.5) is 0 Å². The third kappa shape index (κ3) is 33.2. The molecule has 14 rings (SSSR count). The van der Waals surface area contributed by atoms with E-state index in [-0.39, 0.29) is 35.0 Å². The highest BCUT2D eigenvalue weighted by Gasteiger charge is 2.39.